The molecule has 0 saturated heterocycles. The van der Waals surface area contributed by atoms with Crippen molar-refractivity contribution in [3.63, 3.8) is 0 Å². The number of hydrogen-bond donors (Lipinski definition) is 1. The Hall–Kier alpha value is -2.24. The van der Waals surface area contributed by atoms with Crippen LogP contribution in [0, 0.1) is 18.7 Å². The average Bonchev–Trinajstić information content (AvgIpc) is 3.30. The summed E-state index contributed by atoms with van der Waals surface area (Å²) in [5.74, 6) is 1.09. The number of benzene rings is 1. The number of carbonyl (C=O) groups excluding carboxylic acids is 1. The largest absolute Gasteiger partial charge is 0.353 e. The van der Waals surface area contributed by atoms with E-state index in [0.717, 1.165) is 6.42 Å². The van der Waals surface area contributed by atoms with Crippen LogP contribution in [0.4, 0.5) is 4.39 Å². The third-order valence-electron chi connectivity index (χ3n) is 5.40. The van der Waals surface area contributed by atoms with E-state index >= 15 is 0 Å². The van der Waals surface area contributed by atoms with E-state index in [2.05, 4.69) is 22.4 Å². The zero-order chi connectivity index (χ0) is 19.2. The molecule has 1 aromatic heterocycles. The first kappa shape index (κ1) is 19.5. The van der Waals surface area contributed by atoms with Gasteiger partial charge in [-0.3, -0.25) is 4.79 Å². The topological polar surface area (TPSA) is 68.0 Å². The monoisotopic (exact) mass is 373 g/mol. The SMILES string of the molecule is CCCCC1CCCC1NC(=O)CCc1nc(-c2ccc(C)c(F)c2)no1. The van der Waals surface area contributed by atoms with Crippen molar-refractivity contribution in [3.05, 3.63) is 35.5 Å². The Morgan fingerprint density at radius 3 is 3.00 bits per heavy atom. The predicted octanol–water partition coefficient (Wildman–Crippen LogP) is 4.59. The fourth-order valence-electron chi connectivity index (χ4n) is 3.74. The van der Waals surface area contributed by atoms with Crippen LogP contribution in [0.25, 0.3) is 11.4 Å². The van der Waals surface area contributed by atoms with Gasteiger partial charge in [0.15, 0.2) is 0 Å². The Morgan fingerprint density at radius 1 is 1.37 bits per heavy atom. The molecule has 1 aromatic carbocycles. The molecule has 0 radical (unpaired) electrons. The van der Waals surface area contributed by atoms with Crippen LogP contribution >= 0.6 is 0 Å². The highest BCUT2D eigenvalue weighted by Gasteiger charge is 2.27. The van der Waals surface area contributed by atoms with E-state index in [1.54, 1.807) is 19.1 Å². The van der Waals surface area contributed by atoms with Crippen molar-refractivity contribution in [1.82, 2.24) is 15.5 Å². The van der Waals surface area contributed by atoms with Gasteiger partial charge in [-0.25, -0.2) is 4.39 Å². The fraction of sp³-hybridized carbons (Fsp3) is 0.571. The molecule has 1 aliphatic rings. The van der Waals surface area contributed by atoms with Crippen molar-refractivity contribution in [1.29, 1.82) is 0 Å². The maximum absolute atomic E-state index is 13.7. The normalized spacial score (nSPS) is 19.4. The summed E-state index contributed by atoms with van der Waals surface area (Å²) in [7, 11) is 0. The molecule has 2 unspecified atom stereocenters. The van der Waals surface area contributed by atoms with Gasteiger partial charge in [0.25, 0.3) is 0 Å². The van der Waals surface area contributed by atoms with E-state index in [4.69, 9.17) is 4.52 Å². The molecule has 3 rings (SSSR count). The van der Waals surface area contributed by atoms with Crippen LogP contribution in [0.5, 0.6) is 0 Å². The van der Waals surface area contributed by atoms with E-state index < -0.39 is 0 Å². The Kier molecular flexibility index (Phi) is 6.58. The molecule has 1 N–H and O–H groups in total. The molecule has 1 amide bonds. The Labute approximate surface area is 159 Å². The summed E-state index contributed by atoms with van der Waals surface area (Å²) in [4.78, 5) is 16.6. The summed E-state index contributed by atoms with van der Waals surface area (Å²) in [6, 6.07) is 5.15. The van der Waals surface area contributed by atoms with Crippen LogP contribution in [-0.2, 0) is 11.2 Å². The maximum Gasteiger partial charge on any atom is 0.227 e. The molecule has 0 spiro atoms. The number of carbonyl (C=O) groups is 1. The van der Waals surface area contributed by atoms with Gasteiger partial charge in [-0.2, -0.15) is 4.98 Å². The quantitative estimate of drug-likeness (QED) is 0.735. The first-order valence-electron chi connectivity index (χ1n) is 9.95. The van der Waals surface area contributed by atoms with Gasteiger partial charge in [0.1, 0.15) is 5.82 Å². The van der Waals surface area contributed by atoms with E-state index in [1.165, 1.54) is 38.2 Å². The van der Waals surface area contributed by atoms with E-state index in [0.29, 0.717) is 47.6 Å². The van der Waals surface area contributed by atoms with Gasteiger partial charge in [0.05, 0.1) is 0 Å². The lowest BCUT2D eigenvalue weighted by Crippen LogP contribution is -2.37. The maximum atomic E-state index is 13.7. The fourth-order valence-corrected chi connectivity index (χ4v) is 3.74. The zero-order valence-electron chi connectivity index (χ0n) is 16.1. The molecule has 27 heavy (non-hydrogen) atoms. The summed E-state index contributed by atoms with van der Waals surface area (Å²) in [5, 5.41) is 7.08. The minimum Gasteiger partial charge on any atom is -0.353 e. The highest BCUT2D eigenvalue weighted by atomic mass is 19.1. The summed E-state index contributed by atoms with van der Waals surface area (Å²) in [6.07, 6.45) is 7.80. The lowest BCUT2D eigenvalue weighted by molar-refractivity contribution is -0.122. The standard InChI is InChI=1S/C21H28FN3O2/c1-3-4-6-15-7-5-8-18(15)23-19(26)11-12-20-24-21(25-27-20)16-10-9-14(2)17(22)13-16/h9-10,13,15,18H,3-8,11-12H2,1-2H3,(H,23,26). The van der Waals surface area contributed by atoms with Crippen molar-refractivity contribution >= 4 is 5.91 Å². The molecule has 5 nitrogen and oxygen atoms in total. The number of rotatable bonds is 8. The molecule has 0 bridgehead atoms. The minimum atomic E-state index is -0.299. The number of aryl methyl sites for hydroxylation is 2. The first-order chi connectivity index (χ1) is 13.1. The average molecular weight is 373 g/mol. The van der Waals surface area contributed by atoms with Crippen molar-refractivity contribution in [2.45, 2.75) is 71.3 Å². The van der Waals surface area contributed by atoms with E-state index in [-0.39, 0.29) is 11.7 Å². The molecular formula is C21H28FN3O2. The summed E-state index contributed by atoms with van der Waals surface area (Å²) in [6.45, 7) is 3.91. The van der Waals surface area contributed by atoms with Crippen LogP contribution in [0.15, 0.2) is 22.7 Å². The van der Waals surface area contributed by atoms with Crippen LogP contribution in [-0.4, -0.2) is 22.1 Å². The summed E-state index contributed by atoms with van der Waals surface area (Å²) in [5.41, 5.74) is 1.14. The zero-order valence-corrected chi connectivity index (χ0v) is 16.1. The van der Waals surface area contributed by atoms with Gasteiger partial charge in [0.2, 0.25) is 17.6 Å². The van der Waals surface area contributed by atoms with Crippen molar-refractivity contribution in [3.8, 4) is 11.4 Å². The molecule has 6 heteroatoms. The number of nitrogens with zero attached hydrogens (tertiary/aromatic N) is 2. The number of amides is 1. The van der Waals surface area contributed by atoms with E-state index in [9.17, 15) is 9.18 Å². The van der Waals surface area contributed by atoms with Gasteiger partial charge in [-0.15, -0.1) is 0 Å². The van der Waals surface area contributed by atoms with Crippen molar-refractivity contribution in [2.24, 2.45) is 5.92 Å². The van der Waals surface area contributed by atoms with Gasteiger partial charge >= 0.3 is 0 Å². The highest BCUT2D eigenvalue weighted by Crippen LogP contribution is 2.30. The number of aromatic nitrogens is 2. The number of halogens is 1. The molecule has 2 atom stereocenters. The lowest BCUT2D eigenvalue weighted by atomic mass is 9.96. The van der Waals surface area contributed by atoms with Gasteiger partial charge in [-0.1, -0.05) is 43.5 Å². The second-order valence-corrected chi connectivity index (χ2v) is 7.48. The van der Waals surface area contributed by atoms with Crippen LogP contribution in [0.1, 0.15) is 63.3 Å². The van der Waals surface area contributed by atoms with Crippen LogP contribution in [0.2, 0.25) is 0 Å². The molecule has 1 saturated carbocycles. The summed E-state index contributed by atoms with van der Waals surface area (Å²) < 4.78 is 18.9. The Morgan fingerprint density at radius 2 is 2.22 bits per heavy atom. The predicted molar refractivity (Wildman–Crippen MR) is 102 cm³/mol. The van der Waals surface area contributed by atoms with Gasteiger partial charge in [-0.05, 0) is 43.7 Å². The van der Waals surface area contributed by atoms with Gasteiger partial charge in [0, 0.05) is 24.4 Å². The number of nitrogens with one attached hydrogen (secondary N) is 1. The second-order valence-electron chi connectivity index (χ2n) is 7.48. The molecule has 1 fully saturated rings. The first-order valence-corrected chi connectivity index (χ1v) is 9.95. The van der Waals surface area contributed by atoms with Crippen LogP contribution < -0.4 is 5.32 Å². The third kappa shape index (κ3) is 5.15. The lowest BCUT2D eigenvalue weighted by Gasteiger charge is -2.20. The highest BCUT2D eigenvalue weighted by molar-refractivity contribution is 5.76. The second kappa shape index (κ2) is 9.11. The van der Waals surface area contributed by atoms with E-state index in [1.807, 2.05) is 0 Å². The summed E-state index contributed by atoms with van der Waals surface area (Å²) >= 11 is 0. The molecule has 0 aliphatic heterocycles. The molecule has 2 aromatic rings. The third-order valence-corrected chi connectivity index (χ3v) is 5.40. The van der Waals surface area contributed by atoms with Crippen molar-refractivity contribution in [2.75, 3.05) is 0 Å². The number of unbranched alkanes of at least 4 members (excludes halogenated alkanes) is 1. The minimum absolute atomic E-state index is 0.0320. The number of hydrogen-bond acceptors (Lipinski definition) is 4. The molecule has 146 valence electrons. The molecule has 1 heterocycles. The van der Waals surface area contributed by atoms with Crippen LogP contribution in [0.3, 0.4) is 0 Å². The Balaban J connectivity index is 1.50. The molecular weight excluding hydrogens is 345 g/mol. The smallest absolute Gasteiger partial charge is 0.227 e. The van der Waals surface area contributed by atoms with Crippen molar-refractivity contribution < 1.29 is 13.7 Å². The van der Waals surface area contributed by atoms with Gasteiger partial charge < -0.3 is 9.84 Å². The molecule has 1 aliphatic carbocycles. The Bertz CT molecular complexity index is 775.